The average Bonchev–Trinajstić information content (AvgIpc) is 2.81. The number of para-hydroxylation sites is 1. The lowest BCUT2D eigenvalue weighted by molar-refractivity contribution is 0.326. The molecule has 3 heteroatoms. The van der Waals surface area contributed by atoms with Crippen LogP contribution < -0.4 is 10.1 Å². The predicted molar refractivity (Wildman–Crippen MR) is 76.7 cm³/mol. The number of nitrogens with one attached hydrogen (secondary N) is 1. The van der Waals surface area contributed by atoms with Crippen molar-refractivity contribution in [2.75, 3.05) is 25.6 Å². The molecule has 100 valence electrons. The largest absolute Gasteiger partial charge is 0.493 e. The number of unbranched alkanes of at least 4 members (excludes halogenated alkanes) is 3. The van der Waals surface area contributed by atoms with Gasteiger partial charge in [0.15, 0.2) is 0 Å². The normalized spacial score (nSPS) is 17.5. The fourth-order valence-electron chi connectivity index (χ4n) is 2.37. The van der Waals surface area contributed by atoms with Crippen LogP contribution in [-0.2, 0) is 0 Å². The molecule has 2 nitrogen and oxygen atoms in total. The van der Waals surface area contributed by atoms with Gasteiger partial charge < -0.3 is 10.1 Å². The monoisotopic (exact) mass is 267 g/mol. The molecular formula is C15H22ClNO. The minimum Gasteiger partial charge on any atom is -0.493 e. The number of hydrogen-bond acceptors (Lipinski definition) is 2. The molecule has 1 atom stereocenters. The van der Waals surface area contributed by atoms with E-state index in [1.807, 2.05) is 6.07 Å². The predicted octanol–water partition coefficient (Wildman–Crippen LogP) is 3.55. The molecule has 0 spiro atoms. The van der Waals surface area contributed by atoms with Crippen molar-refractivity contribution in [2.45, 2.75) is 31.6 Å². The lowest BCUT2D eigenvalue weighted by atomic mass is 10.0. The van der Waals surface area contributed by atoms with Gasteiger partial charge in [0.1, 0.15) is 5.75 Å². The SMILES string of the molecule is ClCCCCCCNCC1COc2ccccc21. The Balaban J connectivity index is 1.61. The number of hydrogen-bond donors (Lipinski definition) is 1. The van der Waals surface area contributed by atoms with Crippen LogP contribution >= 0.6 is 11.6 Å². The molecule has 0 radical (unpaired) electrons. The van der Waals surface area contributed by atoms with Crippen molar-refractivity contribution < 1.29 is 4.74 Å². The average molecular weight is 268 g/mol. The first-order valence-corrected chi connectivity index (χ1v) is 7.43. The maximum atomic E-state index is 5.67. The van der Waals surface area contributed by atoms with Gasteiger partial charge in [-0.15, -0.1) is 11.6 Å². The van der Waals surface area contributed by atoms with Crippen molar-refractivity contribution in [2.24, 2.45) is 0 Å². The number of ether oxygens (including phenoxy) is 1. The lowest BCUT2D eigenvalue weighted by Gasteiger charge is -2.10. The quantitative estimate of drug-likeness (QED) is 0.575. The van der Waals surface area contributed by atoms with Crippen LogP contribution in [0.1, 0.15) is 37.2 Å². The molecule has 0 saturated carbocycles. The molecule has 1 heterocycles. The van der Waals surface area contributed by atoms with E-state index in [1.54, 1.807) is 0 Å². The topological polar surface area (TPSA) is 21.3 Å². The third-order valence-corrected chi connectivity index (χ3v) is 3.69. The fourth-order valence-corrected chi connectivity index (χ4v) is 2.56. The van der Waals surface area contributed by atoms with E-state index in [4.69, 9.17) is 16.3 Å². The molecule has 0 bridgehead atoms. The minimum atomic E-state index is 0.518. The molecule has 0 aromatic heterocycles. The summed E-state index contributed by atoms with van der Waals surface area (Å²) in [6, 6.07) is 8.36. The number of benzene rings is 1. The second-order valence-corrected chi connectivity index (χ2v) is 5.23. The van der Waals surface area contributed by atoms with Crippen LogP contribution in [-0.4, -0.2) is 25.6 Å². The summed E-state index contributed by atoms with van der Waals surface area (Å²) in [7, 11) is 0. The van der Waals surface area contributed by atoms with Gasteiger partial charge in [-0.05, 0) is 25.5 Å². The molecular weight excluding hydrogens is 246 g/mol. The summed E-state index contributed by atoms with van der Waals surface area (Å²) in [6.45, 7) is 2.94. The van der Waals surface area contributed by atoms with Crippen molar-refractivity contribution >= 4 is 11.6 Å². The molecule has 0 fully saturated rings. The molecule has 0 amide bonds. The summed E-state index contributed by atoms with van der Waals surface area (Å²) >= 11 is 5.65. The Morgan fingerprint density at radius 3 is 2.89 bits per heavy atom. The van der Waals surface area contributed by atoms with Gasteiger partial charge in [-0.3, -0.25) is 0 Å². The van der Waals surface area contributed by atoms with Crippen molar-refractivity contribution in [1.29, 1.82) is 0 Å². The molecule has 0 saturated heterocycles. The second-order valence-electron chi connectivity index (χ2n) is 4.85. The van der Waals surface area contributed by atoms with Gasteiger partial charge in [0, 0.05) is 23.9 Å². The van der Waals surface area contributed by atoms with Crippen molar-refractivity contribution in [3.63, 3.8) is 0 Å². The van der Waals surface area contributed by atoms with Crippen molar-refractivity contribution in [3.8, 4) is 5.75 Å². The van der Waals surface area contributed by atoms with E-state index in [9.17, 15) is 0 Å². The van der Waals surface area contributed by atoms with Gasteiger partial charge >= 0.3 is 0 Å². The smallest absolute Gasteiger partial charge is 0.122 e. The van der Waals surface area contributed by atoms with E-state index in [1.165, 1.54) is 24.8 Å². The van der Waals surface area contributed by atoms with Crippen molar-refractivity contribution in [1.82, 2.24) is 5.32 Å². The highest BCUT2D eigenvalue weighted by molar-refractivity contribution is 6.17. The van der Waals surface area contributed by atoms with Crippen LogP contribution in [0.2, 0.25) is 0 Å². The maximum absolute atomic E-state index is 5.67. The maximum Gasteiger partial charge on any atom is 0.122 e. The zero-order valence-electron chi connectivity index (χ0n) is 10.8. The summed E-state index contributed by atoms with van der Waals surface area (Å²) < 4.78 is 5.67. The molecule has 1 aromatic rings. The standard InChI is InChI=1S/C15H22ClNO/c16-9-5-1-2-6-10-17-11-13-12-18-15-8-4-3-7-14(13)15/h3-4,7-8,13,17H,1-2,5-6,9-12H2. The van der Waals surface area contributed by atoms with Gasteiger partial charge in [0.25, 0.3) is 0 Å². The summed E-state index contributed by atoms with van der Waals surface area (Å²) in [5.74, 6) is 2.37. The third-order valence-electron chi connectivity index (χ3n) is 3.43. The molecule has 1 aromatic carbocycles. The zero-order valence-corrected chi connectivity index (χ0v) is 11.6. The number of alkyl halides is 1. The Morgan fingerprint density at radius 2 is 2.00 bits per heavy atom. The minimum absolute atomic E-state index is 0.518. The highest BCUT2D eigenvalue weighted by atomic mass is 35.5. The van der Waals surface area contributed by atoms with Crippen LogP contribution in [0.4, 0.5) is 0 Å². The molecule has 1 aliphatic heterocycles. The number of halogens is 1. The Kier molecular flexibility index (Phi) is 5.82. The molecule has 1 unspecified atom stereocenters. The number of fused-ring (bicyclic) bond motifs is 1. The summed E-state index contributed by atoms with van der Waals surface area (Å²) in [4.78, 5) is 0. The van der Waals surface area contributed by atoms with Gasteiger partial charge in [0.05, 0.1) is 6.61 Å². The first-order chi connectivity index (χ1) is 8.92. The Labute approximate surface area is 115 Å². The van der Waals surface area contributed by atoms with Crippen LogP contribution in [0, 0.1) is 0 Å². The number of rotatable bonds is 8. The Hall–Kier alpha value is -0.730. The van der Waals surface area contributed by atoms with E-state index in [0.29, 0.717) is 5.92 Å². The van der Waals surface area contributed by atoms with Crippen LogP contribution in [0.25, 0.3) is 0 Å². The van der Waals surface area contributed by atoms with Gasteiger partial charge in [-0.2, -0.15) is 0 Å². The molecule has 1 aliphatic rings. The zero-order chi connectivity index (χ0) is 12.6. The van der Waals surface area contributed by atoms with Crippen LogP contribution in [0.3, 0.4) is 0 Å². The van der Waals surface area contributed by atoms with E-state index >= 15 is 0 Å². The van der Waals surface area contributed by atoms with E-state index in [0.717, 1.165) is 37.7 Å². The first kappa shape index (κ1) is 13.7. The molecule has 1 N–H and O–H groups in total. The fraction of sp³-hybridized carbons (Fsp3) is 0.600. The Morgan fingerprint density at radius 1 is 1.17 bits per heavy atom. The van der Waals surface area contributed by atoms with Gasteiger partial charge in [-0.25, -0.2) is 0 Å². The van der Waals surface area contributed by atoms with E-state index < -0.39 is 0 Å². The highest BCUT2D eigenvalue weighted by Crippen LogP contribution is 2.32. The van der Waals surface area contributed by atoms with Crippen molar-refractivity contribution in [3.05, 3.63) is 29.8 Å². The van der Waals surface area contributed by atoms with E-state index in [-0.39, 0.29) is 0 Å². The van der Waals surface area contributed by atoms with Crippen LogP contribution in [0.5, 0.6) is 5.75 Å². The van der Waals surface area contributed by atoms with E-state index in [2.05, 4.69) is 23.5 Å². The molecule has 0 aliphatic carbocycles. The highest BCUT2D eigenvalue weighted by Gasteiger charge is 2.22. The molecule has 18 heavy (non-hydrogen) atoms. The second kappa shape index (κ2) is 7.65. The first-order valence-electron chi connectivity index (χ1n) is 6.90. The van der Waals surface area contributed by atoms with Crippen LogP contribution in [0.15, 0.2) is 24.3 Å². The van der Waals surface area contributed by atoms with Gasteiger partial charge in [0.2, 0.25) is 0 Å². The summed E-state index contributed by atoms with van der Waals surface area (Å²) in [5.41, 5.74) is 1.35. The lowest BCUT2D eigenvalue weighted by Crippen LogP contribution is -2.23. The third kappa shape index (κ3) is 3.89. The van der Waals surface area contributed by atoms with Gasteiger partial charge in [-0.1, -0.05) is 31.0 Å². The summed E-state index contributed by atoms with van der Waals surface area (Å²) in [6.07, 6.45) is 4.91. The molecule has 2 rings (SSSR count). The Bertz CT molecular complexity index is 356. The summed E-state index contributed by atoms with van der Waals surface area (Å²) in [5, 5.41) is 3.53.